The molecule has 3 heterocycles. The van der Waals surface area contributed by atoms with Crippen molar-refractivity contribution in [2.45, 2.75) is 69.2 Å². The maximum atomic E-state index is 13.6. The molecule has 1 amide bonds. The van der Waals surface area contributed by atoms with Crippen molar-refractivity contribution < 1.29 is 32.7 Å². The Balaban J connectivity index is 1.33. The summed E-state index contributed by atoms with van der Waals surface area (Å²) < 4.78 is 37.6. The number of thioether (sulfide) groups is 1. The van der Waals surface area contributed by atoms with Crippen LogP contribution in [0.2, 0.25) is 0 Å². The molecule has 11 heteroatoms. The Morgan fingerprint density at radius 2 is 2.16 bits per heavy atom. The van der Waals surface area contributed by atoms with Gasteiger partial charge in [-0.25, -0.2) is 13.3 Å². The lowest BCUT2D eigenvalue weighted by atomic mass is 10.0. The number of rotatable bonds is 14. The van der Waals surface area contributed by atoms with Crippen LogP contribution >= 0.6 is 11.8 Å². The van der Waals surface area contributed by atoms with Crippen LogP contribution in [0, 0.1) is 11.8 Å². The van der Waals surface area contributed by atoms with Crippen LogP contribution < -0.4 is 5.32 Å². The van der Waals surface area contributed by atoms with Crippen molar-refractivity contribution in [2.24, 2.45) is 11.8 Å². The number of aliphatic hydroxyl groups excluding tert-OH is 1. The van der Waals surface area contributed by atoms with Crippen LogP contribution in [-0.4, -0.2) is 76.8 Å². The maximum Gasteiger partial charge on any atom is 0.407 e. The predicted molar refractivity (Wildman–Crippen MR) is 148 cm³/mol. The highest BCUT2D eigenvalue weighted by atomic mass is 32.2. The monoisotopic (exact) mass is 568 g/mol. The lowest BCUT2D eigenvalue weighted by molar-refractivity contribution is -0.0907. The van der Waals surface area contributed by atoms with Gasteiger partial charge in [-0.2, -0.15) is 11.8 Å². The molecule has 2 N–H and O–H groups in total. The summed E-state index contributed by atoms with van der Waals surface area (Å²) in [7, 11) is -1.49. The van der Waals surface area contributed by atoms with E-state index in [-0.39, 0.29) is 37.3 Å². The topological polar surface area (TPSA) is 110 Å². The van der Waals surface area contributed by atoms with E-state index in [2.05, 4.69) is 12.2 Å². The molecule has 4 unspecified atom stereocenters. The van der Waals surface area contributed by atoms with Gasteiger partial charge in [-0.1, -0.05) is 27.2 Å². The fourth-order valence-corrected chi connectivity index (χ4v) is 7.23. The molecule has 2 saturated heterocycles. The Morgan fingerprint density at radius 3 is 2.95 bits per heavy atom. The SMILES string of the molecule is CCCCSCc1coc2ccc(S(=O)N(CC(C)C)C[C@@H](O)CNC(=O)OC3COC4OCCC34)cc12. The first-order chi connectivity index (χ1) is 18.4. The van der Waals surface area contributed by atoms with E-state index in [0.717, 1.165) is 34.5 Å². The van der Waals surface area contributed by atoms with Gasteiger partial charge in [0.1, 0.15) is 22.7 Å². The predicted octanol–water partition coefficient (Wildman–Crippen LogP) is 4.30. The van der Waals surface area contributed by atoms with Gasteiger partial charge in [0, 0.05) is 36.3 Å². The highest BCUT2D eigenvalue weighted by molar-refractivity contribution is 7.98. The lowest BCUT2D eigenvalue weighted by Gasteiger charge is -2.26. The zero-order valence-corrected chi connectivity index (χ0v) is 24.1. The minimum Gasteiger partial charge on any atom is -0.464 e. The summed E-state index contributed by atoms with van der Waals surface area (Å²) in [5.74, 6) is 2.23. The van der Waals surface area contributed by atoms with Crippen molar-refractivity contribution in [3.05, 3.63) is 30.0 Å². The van der Waals surface area contributed by atoms with E-state index < -0.39 is 23.2 Å². The number of nitrogens with zero attached hydrogens (tertiary/aromatic N) is 1. The third-order valence-corrected chi connectivity index (χ3v) is 9.19. The zero-order chi connectivity index (χ0) is 27.1. The smallest absolute Gasteiger partial charge is 0.407 e. The Hall–Kier alpha value is -1.63. The second-order valence-electron chi connectivity index (χ2n) is 10.3. The summed E-state index contributed by atoms with van der Waals surface area (Å²) in [6.45, 7) is 7.84. The van der Waals surface area contributed by atoms with Crippen molar-refractivity contribution in [3.63, 3.8) is 0 Å². The molecule has 0 aliphatic carbocycles. The van der Waals surface area contributed by atoms with Crippen LogP contribution in [0.3, 0.4) is 0 Å². The first-order valence-electron chi connectivity index (χ1n) is 13.5. The molecule has 9 nitrogen and oxygen atoms in total. The zero-order valence-electron chi connectivity index (χ0n) is 22.4. The molecular weight excluding hydrogens is 528 g/mol. The second-order valence-corrected chi connectivity index (χ2v) is 12.9. The molecule has 4 rings (SSSR count). The number of amides is 1. The molecule has 0 radical (unpaired) electrons. The number of aliphatic hydroxyl groups is 1. The largest absolute Gasteiger partial charge is 0.464 e. The third kappa shape index (κ3) is 7.73. The number of benzene rings is 1. The summed E-state index contributed by atoms with van der Waals surface area (Å²) in [6.07, 6.45) is 2.77. The summed E-state index contributed by atoms with van der Waals surface area (Å²) in [5.41, 5.74) is 1.87. The van der Waals surface area contributed by atoms with Gasteiger partial charge in [0.15, 0.2) is 6.29 Å². The van der Waals surface area contributed by atoms with Crippen molar-refractivity contribution in [3.8, 4) is 0 Å². The van der Waals surface area contributed by atoms with Gasteiger partial charge >= 0.3 is 6.09 Å². The van der Waals surface area contributed by atoms with Gasteiger partial charge in [-0.3, -0.25) is 0 Å². The minimum atomic E-state index is -1.49. The van der Waals surface area contributed by atoms with Gasteiger partial charge < -0.3 is 29.1 Å². The van der Waals surface area contributed by atoms with E-state index in [1.165, 1.54) is 12.8 Å². The van der Waals surface area contributed by atoms with E-state index in [0.29, 0.717) is 24.7 Å². The minimum absolute atomic E-state index is 0.0112. The van der Waals surface area contributed by atoms with Gasteiger partial charge in [0.05, 0.1) is 36.4 Å². The Kier molecular flexibility index (Phi) is 10.9. The van der Waals surface area contributed by atoms with Crippen molar-refractivity contribution >= 4 is 39.8 Å². The Morgan fingerprint density at radius 1 is 1.32 bits per heavy atom. The van der Waals surface area contributed by atoms with Gasteiger partial charge in [0.25, 0.3) is 0 Å². The van der Waals surface area contributed by atoms with Crippen LogP contribution in [-0.2, 0) is 30.9 Å². The molecule has 0 bridgehead atoms. The number of unbranched alkanes of at least 4 members (excludes halogenated alkanes) is 1. The van der Waals surface area contributed by atoms with Crippen molar-refractivity contribution in [1.82, 2.24) is 9.62 Å². The number of ether oxygens (including phenoxy) is 3. The summed E-state index contributed by atoms with van der Waals surface area (Å²) in [4.78, 5) is 13.0. The van der Waals surface area contributed by atoms with Gasteiger partial charge in [-0.15, -0.1) is 0 Å². The fraction of sp³-hybridized carbons (Fsp3) is 0.667. The summed E-state index contributed by atoms with van der Waals surface area (Å²) in [6, 6.07) is 5.61. The van der Waals surface area contributed by atoms with Crippen LogP contribution in [0.5, 0.6) is 0 Å². The maximum absolute atomic E-state index is 13.6. The highest BCUT2D eigenvalue weighted by Crippen LogP contribution is 2.33. The summed E-state index contributed by atoms with van der Waals surface area (Å²) >= 11 is 1.87. The molecule has 1 aromatic heterocycles. The molecule has 0 spiro atoms. The molecule has 212 valence electrons. The van der Waals surface area contributed by atoms with Crippen LogP contribution in [0.25, 0.3) is 11.0 Å². The number of carbonyl (C=O) groups is 1. The Labute approximate surface area is 231 Å². The van der Waals surface area contributed by atoms with Gasteiger partial charge in [-0.05, 0) is 42.7 Å². The lowest BCUT2D eigenvalue weighted by Crippen LogP contribution is -2.43. The normalized spacial score (nSPS) is 22.7. The van der Waals surface area contributed by atoms with E-state index in [1.54, 1.807) is 10.6 Å². The van der Waals surface area contributed by atoms with E-state index in [9.17, 15) is 14.1 Å². The van der Waals surface area contributed by atoms with E-state index in [1.807, 2.05) is 43.8 Å². The van der Waals surface area contributed by atoms with E-state index >= 15 is 0 Å². The van der Waals surface area contributed by atoms with Crippen LogP contribution in [0.15, 0.2) is 33.8 Å². The number of nitrogens with one attached hydrogen (secondary N) is 1. The molecule has 38 heavy (non-hydrogen) atoms. The van der Waals surface area contributed by atoms with E-state index in [4.69, 9.17) is 18.6 Å². The highest BCUT2D eigenvalue weighted by Gasteiger charge is 2.43. The standard InChI is InChI=1S/C27H40N2O7S2/c1-4-5-10-37-17-19-15-34-24-7-6-21(11-23(19)24)38(32)29(13-18(2)3)14-20(30)12-28-27(31)36-25-16-35-26-22(25)8-9-33-26/h6-7,11,15,18,20,22,25-26,30H,4-5,8-10,12-14,16-17H2,1-3H3,(H,28,31)/t20-,22?,25?,26?,38?/m0/s1. The summed E-state index contributed by atoms with van der Waals surface area (Å²) in [5, 5.41) is 14.3. The first-order valence-corrected chi connectivity index (χ1v) is 15.7. The average Bonchev–Trinajstić information content (AvgIpc) is 3.61. The number of hydrogen-bond acceptors (Lipinski definition) is 8. The number of furan rings is 1. The number of carbonyl (C=O) groups excluding carboxylic acids is 1. The fourth-order valence-electron chi connectivity index (χ4n) is 4.70. The molecule has 0 saturated carbocycles. The molecule has 5 atom stereocenters. The number of fused-ring (bicyclic) bond motifs is 2. The van der Waals surface area contributed by atoms with Gasteiger partial charge in [0.2, 0.25) is 0 Å². The van der Waals surface area contributed by atoms with Crippen molar-refractivity contribution in [1.29, 1.82) is 0 Å². The molecule has 2 aliphatic rings. The van der Waals surface area contributed by atoms with Crippen LogP contribution in [0.4, 0.5) is 4.79 Å². The molecule has 2 aliphatic heterocycles. The quantitative estimate of drug-likeness (QED) is 0.325. The Bertz CT molecular complexity index is 1080. The molecular formula is C27H40N2O7S2. The first kappa shape index (κ1) is 29.4. The number of hydrogen-bond donors (Lipinski definition) is 2. The second kappa shape index (κ2) is 14.1. The third-order valence-electron chi connectivity index (χ3n) is 6.67. The molecule has 2 aromatic rings. The number of alkyl carbamates (subject to hydrolysis) is 1. The van der Waals surface area contributed by atoms with Crippen molar-refractivity contribution in [2.75, 3.05) is 38.6 Å². The van der Waals surface area contributed by atoms with Crippen LogP contribution in [0.1, 0.15) is 45.6 Å². The molecule has 2 fully saturated rings. The molecule has 1 aromatic carbocycles. The average molecular weight is 569 g/mol.